The maximum absolute atomic E-state index is 11.9. The van der Waals surface area contributed by atoms with E-state index in [1.54, 1.807) is 17.9 Å². The maximum atomic E-state index is 11.9. The number of carbonyl (C=O) groups is 1. The van der Waals surface area contributed by atoms with Crippen molar-refractivity contribution in [2.75, 3.05) is 19.0 Å². The third-order valence-corrected chi connectivity index (χ3v) is 3.56. The highest BCUT2D eigenvalue weighted by Crippen LogP contribution is 2.10. The molecule has 6 nitrogen and oxygen atoms in total. The summed E-state index contributed by atoms with van der Waals surface area (Å²) in [7, 11) is 1.68. The van der Waals surface area contributed by atoms with E-state index in [4.69, 9.17) is 4.74 Å². The Hall–Kier alpha value is -2.34. The molecule has 0 radical (unpaired) electrons. The minimum atomic E-state index is -0.257. The number of urea groups is 1. The van der Waals surface area contributed by atoms with Gasteiger partial charge in [0.25, 0.3) is 0 Å². The van der Waals surface area contributed by atoms with Crippen LogP contribution in [0.1, 0.15) is 23.1 Å². The molecule has 124 valence electrons. The van der Waals surface area contributed by atoms with Crippen LogP contribution in [-0.4, -0.2) is 29.5 Å². The molecule has 0 aliphatic carbocycles. The Kier molecular flexibility index (Phi) is 6.17. The number of nitrogens with one attached hydrogen (secondary N) is 2. The Morgan fingerprint density at radius 1 is 1.30 bits per heavy atom. The highest BCUT2D eigenvalue weighted by molar-refractivity contribution is 5.88. The van der Waals surface area contributed by atoms with E-state index in [-0.39, 0.29) is 6.03 Å². The Morgan fingerprint density at radius 2 is 2.13 bits per heavy atom. The smallest absolute Gasteiger partial charge is 0.320 e. The van der Waals surface area contributed by atoms with Gasteiger partial charge in [0.1, 0.15) is 0 Å². The fraction of sp³-hybridized carbons (Fsp3) is 0.412. The number of aryl methyl sites for hydroxylation is 3. The lowest BCUT2D eigenvalue weighted by Crippen LogP contribution is -2.28. The first-order chi connectivity index (χ1) is 11.1. The molecule has 0 fully saturated rings. The number of aromatic nitrogens is 2. The fourth-order valence-electron chi connectivity index (χ4n) is 2.30. The molecule has 1 heterocycles. The molecule has 1 aromatic carbocycles. The second-order valence-electron chi connectivity index (χ2n) is 5.55. The van der Waals surface area contributed by atoms with Crippen LogP contribution in [0, 0.1) is 13.8 Å². The average molecular weight is 316 g/mol. The summed E-state index contributed by atoms with van der Waals surface area (Å²) < 4.78 is 6.80. The number of amides is 2. The third-order valence-electron chi connectivity index (χ3n) is 3.56. The minimum Gasteiger partial charge on any atom is -0.385 e. The van der Waals surface area contributed by atoms with E-state index < -0.39 is 0 Å². The Labute approximate surface area is 136 Å². The van der Waals surface area contributed by atoms with Crippen molar-refractivity contribution in [3.8, 4) is 0 Å². The number of ether oxygens (including phenoxy) is 1. The number of nitrogens with zero attached hydrogens (tertiary/aromatic N) is 2. The topological polar surface area (TPSA) is 68.2 Å². The van der Waals surface area contributed by atoms with Gasteiger partial charge in [0, 0.05) is 39.1 Å². The van der Waals surface area contributed by atoms with Gasteiger partial charge in [-0.05, 0) is 31.4 Å². The van der Waals surface area contributed by atoms with Gasteiger partial charge in [0.15, 0.2) is 5.82 Å². The normalized spacial score (nSPS) is 10.6. The molecule has 0 unspecified atom stereocenters. The van der Waals surface area contributed by atoms with Crippen LogP contribution in [0.2, 0.25) is 0 Å². The van der Waals surface area contributed by atoms with E-state index in [9.17, 15) is 4.79 Å². The molecule has 0 aliphatic rings. The number of rotatable bonds is 7. The molecule has 0 saturated carbocycles. The van der Waals surface area contributed by atoms with Gasteiger partial charge >= 0.3 is 6.03 Å². The predicted molar refractivity (Wildman–Crippen MR) is 90.5 cm³/mol. The summed E-state index contributed by atoms with van der Waals surface area (Å²) in [5.41, 5.74) is 3.50. The van der Waals surface area contributed by atoms with Crippen molar-refractivity contribution in [2.24, 2.45) is 0 Å². The Bertz CT molecular complexity index is 652. The summed E-state index contributed by atoms with van der Waals surface area (Å²) >= 11 is 0. The first kappa shape index (κ1) is 17.0. The third kappa shape index (κ3) is 5.41. The van der Waals surface area contributed by atoms with Gasteiger partial charge in [-0.1, -0.05) is 23.8 Å². The molecule has 1 aromatic heterocycles. The molecular formula is C17H24N4O2. The van der Waals surface area contributed by atoms with Crippen molar-refractivity contribution in [3.05, 3.63) is 47.2 Å². The van der Waals surface area contributed by atoms with Gasteiger partial charge < -0.3 is 10.1 Å². The van der Waals surface area contributed by atoms with Crippen LogP contribution in [0.15, 0.2) is 30.5 Å². The fourth-order valence-corrected chi connectivity index (χ4v) is 2.30. The van der Waals surface area contributed by atoms with Gasteiger partial charge in [-0.2, -0.15) is 5.10 Å². The number of anilines is 1. The quantitative estimate of drug-likeness (QED) is 0.772. The van der Waals surface area contributed by atoms with E-state index in [1.807, 2.05) is 25.3 Å². The van der Waals surface area contributed by atoms with Gasteiger partial charge in [0.05, 0.1) is 0 Å². The highest BCUT2D eigenvalue weighted by Gasteiger charge is 2.06. The van der Waals surface area contributed by atoms with Crippen LogP contribution < -0.4 is 10.6 Å². The number of carbonyl (C=O) groups excluding carboxylic acids is 1. The molecule has 2 amide bonds. The van der Waals surface area contributed by atoms with Crippen LogP contribution >= 0.6 is 0 Å². The van der Waals surface area contributed by atoms with E-state index in [0.717, 1.165) is 18.5 Å². The lowest BCUT2D eigenvalue weighted by Gasteiger charge is -2.09. The molecule has 2 N–H and O–H groups in total. The summed E-state index contributed by atoms with van der Waals surface area (Å²) in [4.78, 5) is 11.9. The second-order valence-corrected chi connectivity index (χ2v) is 5.55. The zero-order valence-corrected chi connectivity index (χ0v) is 13.9. The zero-order valence-electron chi connectivity index (χ0n) is 13.9. The monoisotopic (exact) mass is 316 g/mol. The van der Waals surface area contributed by atoms with Crippen molar-refractivity contribution in [3.63, 3.8) is 0 Å². The summed E-state index contributed by atoms with van der Waals surface area (Å²) in [6.45, 7) is 6.05. The van der Waals surface area contributed by atoms with E-state index in [1.165, 1.54) is 11.1 Å². The second kappa shape index (κ2) is 8.33. The maximum Gasteiger partial charge on any atom is 0.320 e. The summed E-state index contributed by atoms with van der Waals surface area (Å²) in [6.07, 6.45) is 2.73. The van der Waals surface area contributed by atoms with Crippen molar-refractivity contribution < 1.29 is 9.53 Å². The molecule has 2 rings (SSSR count). The lowest BCUT2D eigenvalue weighted by atomic mass is 10.1. The van der Waals surface area contributed by atoms with Crippen LogP contribution in [0.5, 0.6) is 0 Å². The minimum absolute atomic E-state index is 0.257. The van der Waals surface area contributed by atoms with Gasteiger partial charge in [-0.15, -0.1) is 0 Å². The van der Waals surface area contributed by atoms with Gasteiger partial charge in [-0.25, -0.2) is 4.79 Å². The summed E-state index contributed by atoms with van der Waals surface area (Å²) in [5, 5.41) is 9.89. The van der Waals surface area contributed by atoms with Crippen LogP contribution in [-0.2, 0) is 17.8 Å². The van der Waals surface area contributed by atoms with Crippen molar-refractivity contribution in [1.82, 2.24) is 15.1 Å². The van der Waals surface area contributed by atoms with Crippen molar-refractivity contribution in [2.45, 2.75) is 33.4 Å². The zero-order chi connectivity index (χ0) is 16.7. The number of methoxy groups -OCH3 is 1. The SMILES string of the molecule is COCCCn1ccc(NC(=O)NCc2ccc(C)cc2C)n1. The number of benzene rings is 1. The molecule has 0 aliphatic heterocycles. The lowest BCUT2D eigenvalue weighted by molar-refractivity contribution is 0.189. The number of hydrogen-bond donors (Lipinski definition) is 2. The molecule has 0 bridgehead atoms. The summed E-state index contributed by atoms with van der Waals surface area (Å²) in [5.74, 6) is 0.542. The van der Waals surface area contributed by atoms with Gasteiger partial charge in [-0.3, -0.25) is 10.00 Å². The van der Waals surface area contributed by atoms with Crippen LogP contribution in [0.4, 0.5) is 10.6 Å². The number of hydrogen-bond acceptors (Lipinski definition) is 3. The molecular weight excluding hydrogens is 292 g/mol. The van der Waals surface area contributed by atoms with E-state index >= 15 is 0 Å². The predicted octanol–water partition coefficient (Wildman–Crippen LogP) is 2.86. The molecule has 2 aromatic rings. The highest BCUT2D eigenvalue weighted by atomic mass is 16.5. The van der Waals surface area contributed by atoms with Crippen LogP contribution in [0.3, 0.4) is 0 Å². The average Bonchev–Trinajstić information content (AvgIpc) is 2.94. The first-order valence-electron chi connectivity index (χ1n) is 7.72. The first-order valence-corrected chi connectivity index (χ1v) is 7.72. The van der Waals surface area contributed by atoms with Gasteiger partial charge in [0.2, 0.25) is 0 Å². The Morgan fingerprint density at radius 3 is 2.87 bits per heavy atom. The van der Waals surface area contributed by atoms with Crippen molar-refractivity contribution >= 4 is 11.8 Å². The summed E-state index contributed by atoms with van der Waals surface area (Å²) in [6, 6.07) is 7.71. The molecule has 0 atom stereocenters. The standard InChI is InChI=1S/C17H24N4O2/c1-13-5-6-15(14(2)11-13)12-18-17(22)19-16-7-9-21(20-16)8-4-10-23-3/h5-7,9,11H,4,8,10,12H2,1-3H3,(H2,18,19,20,22). The molecule has 6 heteroatoms. The Balaban J connectivity index is 1.80. The van der Waals surface area contributed by atoms with E-state index in [0.29, 0.717) is 19.0 Å². The molecule has 23 heavy (non-hydrogen) atoms. The van der Waals surface area contributed by atoms with Crippen molar-refractivity contribution in [1.29, 1.82) is 0 Å². The van der Waals surface area contributed by atoms with Crippen LogP contribution in [0.25, 0.3) is 0 Å². The molecule has 0 saturated heterocycles. The molecule has 0 spiro atoms. The van der Waals surface area contributed by atoms with E-state index in [2.05, 4.69) is 28.7 Å². The largest absolute Gasteiger partial charge is 0.385 e.